The van der Waals surface area contributed by atoms with Gasteiger partial charge in [-0.2, -0.15) is 0 Å². The van der Waals surface area contributed by atoms with Crippen molar-refractivity contribution < 1.29 is 14.7 Å². The highest BCUT2D eigenvalue weighted by Crippen LogP contribution is 2.14. The van der Waals surface area contributed by atoms with Crippen molar-refractivity contribution in [1.29, 1.82) is 0 Å². The Labute approximate surface area is 109 Å². The number of nitrogens with one attached hydrogen (secondary N) is 2. The summed E-state index contributed by atoms with van der Waals surface area (Å²) < 4.78 is 0. The summed E-state index contributed by atoms with van der Waals surface area (Å²) in [6.07, 6.45) is 0.922. The highest BCUT2D eigenvalue weighted by atomic mass is 16.4. The van der Waals surface area contributed by atoms with Crippen molar-refractivity contribution in [2.24, 2.45) is 17.8 Å². The molecular formula is C13H26N2O3. The van der Waals surface area contributed by atoms with E-state index >= 15 is 0 Å². The van der Waals surface area contributed by atoms with Gasteiger partial charge < -0.3 is 15.7 Å². The van der Waals surface area contributed by atoms with Crippen molar-refractivity contribution in [3.63, 3.8) is 0 Å². The van der Waals surface area contributed by atoms with Crippen LogP contribution >= 0.6 is 0 Å². The van der Waals surface area contributed by atoms with Crippen LogP contribution in [0, 0.1) is 17.8 Å². The van der Waals surface area contributed by atoms with E-state index in [0.717, 1.165) is 6.42 Å². The van der Waals surface area contributed by atoms with Crippen molar-refractivity contribution in [3.05, 3.63) is 0 Å². The predicted octanol–water partition coefficient (Wildman–Crippen LogP) is 1.10. The summed E-state index contributed by atoms with van der Waals surface area (Å²) in [5, 5.41) is 14.6. The number of carboxylic acids is 1. The lowest BCUT2D eigenvalue weighted by Gasteiger charge is -2.19. The van der Waals surface area contributed by atoms with Crippen LogP contribution in [0.1, 0.15) is 33.6 Å². The third kappa shape index (κ3) is 8.06. The van der Waals surface area contributed by atoms with Crippen molar-refractivity contribution >= 4 is 11.9 Å². The van der Waals surface area contributed by atoms with Crippen molar-refractivity contribution in [1.82, 2.24) is 10.6 Å². The molecule has 0 aliphatic rings. The van der Waals surface area contributed by atoms with Crippen LogP contribution in [0.15, 0.2) is 0 Å². The Morgan fingerprint density at radius 3 is 2.22 bits per heavy atom. The number of amides is 1. The second kappa shape index (κ2) is 8.91. The van der Waals surface area contributed by atoms with E-state index < -0.39 is 5.97 Å². The summed E-state index contributed by atoms with van der Waals surface area (Å²) >= 11 is 0. The zero-order valence-electron chi connectivity index (χ0n) is 11.8. The van der Waals surface area contributed by atoms with Crippen molar-refractivity contribution in [3.8, 4) is 0 Å². The average molecular weight is 258 g/mol. The van der Waals surface area contributed by atoms with Crippen LogP contribution < -0.4 is 10.6 Å². The Balaban J connectivity index is 4.16. The van der Waals surface area contributed by atoms with Gasteiger partial charge in [0.1, 0.15) is 0 Å². The molecule has 0 fully saturated rings. The minimum absolute atomic E-state index is 0.00763. The highest BCUT2D eigenvalue weighted by Gasteiger charge is 2.18. The normalized spacial score (nSPS) is 14.3. The quantitative estimate of drug-likeness (QED) is 0.578. The molecular weight excluding hydrogens is 232 g/mol. The van der Waals surface area contributed by atoms with E-state index in [2.05, 4.69) is 24.5 Å². The molecule has 0 saturated carbocycles. The first kappa shape index (κ1) is 16.9. The Hall–Kier alpha value is -1.10. The smallest absolute Gasteiger partial charge is 0.303 e. The van der Waals surface area contributed by atoms with Crippen LogP contribution in [0.4, 0.5) is 0 Å². The molecule has 0 saturated heterocycles. The largest absolute Gasteiger partial charge is 0.481 e. The van der Waals surface area contributed by atoms with Crippen LogP contribution in [-0.2, 0) is 9.59 Å². The number of carbonyl (C=O) groups excluding carboxylic acids is 1. The number of hydrogen-bond acceptors (Lipinski definition) is 3. The van der Waals surface area contributed by atoms with E-state index in [1.807, 2.05) is 6.92 Å². The standard InChI is InChI=1S/C13H26N2O3/c1-9(2)5-11(6-12(16)17)8-15-13(18)10(3)7-14-4/h9-11,14H,5-8H2,1-4H3,(H,15,18)(H,16,17)/t10?,11-/m0/s1. The zero-order chi connectivity index (χ0) is 14.1. The van der Waals surface area contributed by atoms with Gasteiger partial charge in [0.05, 0.1) is 0 Å². The van der Waals surface area contributed by atoms with Crippen LogP contribution in [0.5, 0.6) is 0 Å². The van der Waals surface area contributed by atoms with Gasteiger partial charge in [-0.25, -0.2) is 0 Å². The summed E-state index contributed by atoms with van der Waals surface area (Å²) in [6, 6.07) is 0. The molecule has 0 rings (SSSR count). The minimum Gasteiger partial charge on any atom is -0.481 e. The SMILES string of the molecule is CNCC(C)C(=O)NC[C@H](CC(=O)O)CC(C)C. The summed E-state index contributed by atoms with van der Waals surface area (Å²) in [4.78, 5) is 22.5. The number of carbonyl (C=O) groups is 2. The van der Waals surface area contributed by atoms with E-state index in [1.54, 1.807) is 7.05 Å². The third-order valence-corrected chi connectivity index (χ3v) is 2.79. The molecule has 0 aliphatic carbocycles. The first-order valence-corrected chi connectivity index (χ1v) is 6.50. The lowest BCUT2D eigenvalue weighted by atomic mass is 9.94. The lowest BCUT2D eigenvalue weighted by molar-refractivity contribution is -0.138. The van der Waals surface area contributed by atoms with Gasteiger partial charge in [-0.1, -0.05) is 20.8 Å². The molecule has 0 spiro atoms. The maximum atomic E-state index is 11.7. The van der Waals surface area contributed by atoms with Crippen LogP contribution in [0.2, 0.25) is 0 Å². The Bertz CT molecular complexity index is 267. The third-order valence-electron chi connectivity index (χ3n) is 2.79. The second-order valence-corrected chi connectivity index (χ2v) is 5.30. The fraction of sp³-hybridized carbons (Fsp3) is 0.846. The first-order chi connectivity index (χ1) is 8.36. The number of rotatable bonds is 9. The van der Waals surface area contributed by atoms with Gasteiger partial charge in [0.2, 0.25) is 5.91 Å². The molecule has 1 amide bonds. The van der Waals surface area contributed by atoms with E-state index in [0.29, 0.717) is 19.0 Å². The van der Waals surface area contributed by atoms with Crippen molar-refractivity contribution in [2.45, 2.75) is 33.6 Å². The molecule has 0 aromatic heterocycles. The lowest BCUT2D eigenvalue weighted by Crippen LogP contribution is -2.37. The van der Waals surface area contributed by atoms with Gasteiger partial charge in [-0.15, -0.1) is 0 Å². The number of carboxylic acid groups (broad SMARTS) is 1. The molecule has 106 valence electrons. The fourth-order valence-electron chi connectivity index (χ4n) is 1.97. The summed E-state index contributed by atoms with van der Waals surface area (Å²) in [5.41, 5.74) is 0. The van der Waals surface area contributed by atoms with Crippen molar-refractivity contribution in [2.75, 3.05) is 20.1 Å². The Kier molecular flexibility index (Phi) is 8.37. The second-order valence-electron chi connectivity index (χ2n) is 5.30. The molecule has 0 heterocycles. The summed E-state index contributed by atoms with van der Waals surface area (Å²) in [7, 11) is 1.80. The molecule has 2 atom stereocenters. The van der Waals surface area contributed by atoms with E-state index in [9.17, 15) is 9.59 Å². The predicted molar refractivity (Wildman–Crippen MR) is 71.3 cm³/mol. The van der Waals surface area contributed by atoms with Gasteiger partial charge >= 0.3 is 5.97 Å². The Morgan fingerprint density at radius 2 is 1.78 bits per heavy atom. The topological polar surface area (TPSA) is 78.4 Å². The van der Waals surface area contributed by atoms with Gasteiger partial charge in [0.15, 0.2) is 0 Å². The fourth-order valence-corrected chi connectivity index (χ4v) is 1.97. The van der Waals surface area contributed by atoms with Crippen LogP contribution in [-0.4, -0.2) is 37.1 Å². The molecule has 1 unspecified atom stereocenters. The Morgan fingerprint density at radius 1 is 1.17 bits per heavy atom. The van der Waals surface area contributed by atoms with Gasteiger partial charge in [0.25, 0.3) is 0 Å². The maximum Gasteiger partial charge on any atom is 0.303 e. The van der Waals surface area contributed by atoms with Gasteiger partial charge in [-0.05, 0) is 25.3 Å². The highest BCUT2D eigenvalue weighted by molar-refractivity contribution is 5.78. The molecule has 3 N–H and O–H groups in total. The van der Waals surface area contributed by atoms with Crippen LogP contribution in [0.3, 0.4) is 0 Å². The number of aliphatic carboxylic acids is 1. The van der Waals surface area contributed by atoms with E-state index in [4.69, 9.17) is 5.11 Å². The molecule has 0 aliphatic heterocycles. The monoisotopic (exact) mass is 258 g/mol. The summed E-state index contributed by atoms with van der Waals surface area (Å²) in [5.74, 6) is -0.490. The zero-order valence-corrected chi connectivity index (χ0v) is 11.8. The van der Waals surface area contributed by atoms with Gasteiger partial charge in [0, 0.05) is 25.4 Å². The van der Waals surface area contributed by atoms with E-state index in [1.165, 1.54) is 0 Å². The minimum atomic E-state index is -0.807. The van der Waals surface area contributed by atoms with E-state index in [-0.39, 0.29) is 24.2 Å². The van der Waals surface area contributed by atoms with Crippen LogP contribution in [0.25, 0.3) is 0 Å². The van der Waals surface area contributed by atoms with Gasteiger partial charge in [-0.3, -0.25) is 9.59 Å². The number of hydrogen-bond donors (Lipinski definition) is 3. The molecule has 0 radical (unpaired) electrons. The maximum absolute atomic E-state index is 11.7. The first-order valence-electron chi connectivity index (χ1n) is 6.50. The molecule has 0 bridgehead atoms. The molecule has 0 aromatic carbocycles. The summed E-state index contributed by atoms with van der Waals surface area (Å²) in [6.45, 7) is 7.03. The molecule has 18 heavy (non-hydrogen) atoms. The average Bonchev–Trinajstić information content (AvgIpc) is 2.24. The molecule has 5 nitrogen and oxygen atoms in total. The molecule has 0 aromatic rings. The molecule has 5 heteroatoms.